The molecular weight excluding hydrogens is 280 g/mol. The number of hydrazone groups is 1. The number of nitro groups is 2. The molecule has 21 heavy (non-hydrogen) atoms. The number of nitro benzene ring substituents is 2. The summed E-state index contributed by atoms with van der Waals surface area (Å²) < 4.78 is 5.12. The van der Waals surface area contributed by atoms with Gasteiger partial charge in [0, 0.05) is 6.07 Å². The first-order valence-electron chi connectivity index (χ1n) is 5.75. The molecule has 0 aliphatic rings. The molecule has 0 atom stereocenters. The quantitative estimate of drug-likeness (QED) is 0.513. The first-order chi connectivity index (χ1) is 9.99. The number of aryl methyl sites for hydroxylation is 1. The van der Waals surface area contributed by atoms with Gasteiger partial charge in [-0.1, -0.05) is 0 Å². The van der Waals surface area contributed by atoms with E-state index in [2.05, 4.69) is 10.5 Å². The van der Waals surface area contributed by atoms with E-state index in [1.165, 1.54) is 18.5 Å². The molecule has 0 spiro atoms. The maximum Gasteiger partial charge on any atom is 0.301 e. The van der Waals surface area contributed by atoms with Gasteiger partial charge in [0.05, 0.1) is 28.4 Å². The van der Waals surface area contributed by atoms with Crippen molar-refractivity contribution >= 4 is 23.3 Å². The zero-order chi connectivity index (χ0) is 15.4. The number of non-ortho nitro benzene ring substituents is 1. The number of nitrogens with zero attached hydrogens (tertiary/aromatic N) is 3. The minimum atomic E-state index is -0.719. The summed E-state index contributed by atoms with van der Waals surface area (Å²) >= 11 is 0. The molecule has 9 heteroatoms. The number of hydrogen-bond donors (Lipinski definition) is 1. The monoisotopic (exact) mass is 290 g/mol. The molecule has 0 aliphatic carbocycles. The third-order valence-corrected chi connectivity index (χ3v) is 2.66. The van der Waals surface area contributed by atoms with Crippen molar-refractivity contribution in [1.82, 2.24) is 0 Å². The maximum atomic E-state index is 10.9. The second-order valence-corrected chi connectivity index (χ2v) is 4.05. The average Bonchev–Trinajstić information content (AvgIpc) is 2.84. The number of nitrogens with one attached hydrogen (secondary N) is 1. The minimum absolute atomic E-state index is 0.0473. The van der Waals surface area contributed by atoms with E-state index >= 15 is 0 Å². The van der Waals surface area contributed by atoms with Crippen molar-refractivity contribution in [2.45, 2.75) is 6.92 Å². The van der Waals surface area contributed by atoms with Gasteiger partial charge in [-0.3, -0.25) is 25.7 Å². The van der Waals surface area contributed by atoms with Crippen LogP contribution in [0.2, 0.25) is 0 Å². The molecule has 0 saturated carbocycles. The molecule has 2 aromatic rings. The van der Waals surface area contributed by atoms with E-state index in [-0.39, 0.29) is 11.4 Å². The highest BCUT2D eigenvalue weighted by Gasteiger charge is 2.19. The molecule has 1 aromatic heterocycles. The molecule has 1 N–H and O–H groups in total. The fraction of sp³-hybridized carbons (Fsp3) is 0.0833. The fourth-order valence-corrected chi connectivity index (χ4v) is 1.56. The van der Waals surface area contributed by atoms with E-state index in [0.29, 0.717) is 5.76 Å². The van der Waals surface area contributed by atoms with Crippen molar-refractivity contribution in [2.75, 3.05) is 5.43 Å². The molecule has 9 nitrogen and oxygen atoms in total. The van der Waals surface area contributed by atoms with E-state index in [0.717, 1.165) is 17.7 Å². The summed E-state index contributed by atoms with van der Waals surface area (Å²) in [4.78, 5) is 20.1. The van der Waals surface area contributed by atoms with E-state index in [1.54, 1.807) is 6.07 Å². The molecule has 0 bridgehead atoms. The van der Waals surface area contributed by atoms with Crippen LogP contribution in [-0.4, -0.2) is 16.1 Å². The molecule has 0 fully saturated rings. The van der Waals surface area contributed by atoms with Gasteiger partial charge in [-0.15, -0.1) is 0 Å². The second-order valence-electron chi connectivity index (χ2n) is 4.05. The first-order valence-corrected chi connectivity index (χ1v) is 5.75. The van der Waals surface area contributed by atoms with Crippen molar-refractivity contribution in [1.29, 1.82) is 0 Å². The van der Waals surface area contributed by atoms with Crippen LogP contribution in [0.4, 0.5) is 17.1 Å². The van der Waals surface area contributed by atoms with Crippen LogP contribution in [-0.2, 0) is 0 Å². The molecular formula is C12H10N4O5. The summed E-state index contributed by atoms with van der Waals surface area (Å²) in [5, 5.41) is 25.3. The van der Waals surface area contributed by atoms with Crippen molar-refractivity contribution in [3.63, 3.8) is 0 Å². The standard InChI is InChI=1S/C12H10N4O5/c1-8-4-5-21-12(8)7-13-14-10-3-2-9(15(17)18)6-11(10)16(19)20/h2-7,14H,1H3. The van der Waals surface area contributed by atoms with E-state index in [9.17, 15) is 20.2 Å². The van der Waals surface area contributed by atoms with Gasteiger partial charge in [-0.2, -0.15) is 5.10 Å². The predicted molar refractivity (Wildman–Crippen MR) is 74.4 cm³/mol. The van der Waals surface area contributed by atoms with Gasteiger partial charge < -0.3 is 4.42 Å². The Bertz CT molecular complexity index is 722. The van der Waals surface area contributed by atoms with Crippen LogP contribution in [0.1, 0.15) is 11.3 Å². The van der Waals surface area contributed by atoms with Gasteiger partial charge in [-0.05, 0) is 24.6 Å². The lowest BCUT2D eigenvalue weighted by atomic mass is 10.2. The normalized spacial score (nSPS) is 10.7. The molecule has 1 heterocycles. The van der Waals surface area contributed by atoms with Gasteiger partial charge in [0.2, 0.25) is 0 Å². The number of benzene rings is 1. The topological polar surface area (TPSA) is 124 Å². The summed E-state index contributed by atoms with van der Waals surface area (Å²) in [5.41, 5.74) is 2.58. The molecule has 0 unspecified atom stereocenters. The average molecular weight is 290 g/mol. The summed E-state index contributed by atoms with van der Waals surface area (Å²) in [5.74, 6) is 0.507. The summed E-state index contributed by atoms with van der Waals surface area (Å²) in [6, 6.07) is 5.00. The SMILES string of the molecule is Cc1ccoc1C=NNc1ccc([N+](=O)[O-])cc1[N+](=O)[O-]. The van der Waals surface area contributed by atoms with Crippen molar-refractivity contribution in [2.24, 2.45) is 5.10 Å². The number of furan rings is 1. The lowest BCUT2D eigenvalue weighted by Crippen LogP contribution is -1.98. The van der Waals surface area contributed by atoms with Crippen LogP contribution in [0.3, 0.4) is 0 Å². The Morgan fingerprint density at radius 2 is 2.00 bits per heavy atom. The van der Waals surface area contributed by atoms with Gasteiger partial charge in [0.1, 0.15) is 11.4 Å². The summed E-state index contributed by atoms with van der Waals surface area (Å²) in [6.07, 6.45) is 2.85. The summed E-state index contributed by atoms with van der Waals surface area (Å²) in [6.45, 7) is 1.82. The first kappa shape index (κ1) is 14.2. The predicted octanol–water partition coefficient (Wildman–Crippen LogP) is 2.85. The van der Waals surface area contributed by atoms with Crippen molar-refractivity contribution < 1.29 is 14.3 Å². The van der Waals surface area contributed by atoms with Crippen LogP contribution >= 0.6 is 0 Å². The Labute approximate surface area is 118 Å². The molecule has 108 valence electrons. The Morgan fingerprint density at radius 1 is 1.24 bits per heavy atom. The minimum Gasteiger partial charge on any atom is -0.463 e. The second kappa shape index (κ2) is 5.82. The number of rotatable bonds is 5. The fourth-order valence-electron chi connectivity index (χ4n) is 1.56. The Balaban J connectivity index is 2.23. The van der Waals surface area contributed by atoms with Crippen LogP contribution in [0, 0.1) is 27.2 Å². The van der Waals surface area contributed by atoms with Gasteiger partial charge in [0.25, 0.3) is 5.69 Å². The zero-order valence-electron chi connectivity index (χ0n) is 10.8. The smallest absolute Gasteiger partial charge is 0.301 e. The zero-order valence-corrected chi connectivity index (χ0v) is 10.8. The number of hydrogen-bond acceptors (Lipinski definition) is 7. The van der Waals surface area contributed by atoms with Crippen LogP contribution in [0.25, 0.3) is 0 Å². The van der Waals surface area contributed by atoms with E-state index in [4.69, 9.17) is 4.42 Å². The molecule has 0 saturated heterocycles. The maximum absolute atomic E-state index is 10.9. The van der Waals surface area contributed by atoms with E-state index in [1.807, 2.05) is 6.92 Å². The molecule has 0 radical (unpaired) electrons. The molecule has 0 aliphatic heterocycles. The Hall–Kier alpha value is -3.23. The van der Waals surface area contributed by atoms with Crippen LogP contribution in [0.15, 0.2) is 40.0 Å². The molecule has 1 aromatic carbocycles. The lowest BCUT2D eigenvalue weighted by molar-refractivity contribution is -0.393. The van der Waals surface area contributed by atoms with Crippen LogP contribution < -0.4 is 5.43 Å². The number of anilines is 1. The van der Waals surface area contributed by atoms with Crippen molar-refractivity contribution in [3.05, 3.63) is 62.1 Å². The molecule has 0 amide bonds. The van der Waals surface area contributed by atoms with Crippen LogP contribution in [0.5, 0.6) is 0 Å². The van der Waals surface area contributed by atoms with E-state index < -0.39 is 15.5 Å². The Kier molecular flexibility index (Phi) is 3.93. The highest BCUT2D eigenvalue weighted by atomic mass is 16.6. The summed E-state index contributed by atoms with van der Waals surface area (Å²) in [7, 11) is 0. The highest BCUT2D eigenvalue weighted by Crippen LogP contribution is 2.28. The van der Waals surface area contributed by atoms with Crippen molar-refractivity contribution in [3.8, 4) is 0 Å². The van der Waals surface area contributed by atoms with Gasteiger partial charge in [0.15, 0.2) is 0 Å². The third kappa shape index (κ3) is 3.21. The molecule has 2 rings (SSSR count). The Morgan fingerprint density at radius 3 is 2.57 bits per heavy atom. The third-order valence-electron chi connectivity index (χ3n) is 2.66. The highest BCUT2D eigenvalue weighted by molar-refractivity contribution is 5.79. The largest absolute Gasteiger partial charge is 0.463 e. The van der Waals surface area contributed by atoms with Gasteiger partial charge in [-0.25, -0.2) is 0 Å². The van der Waals surface area contributed by atoms with Gasteiger partial charge >= 0.3 is 5.69 Å². The lowest BCUT2D eigenvalue weighted by Gasteiger charge is -2.01.